The van der Waals surface area contributed by atoms with Gasteiger partial charge in [-0.05, 0) is 20.8 Å². The molecule has 0 aliphatic carbocycles. The highest BCUT2D eigenvalue weighted by Crippen LogP contribution is 1.96. The van der Waals surface area contributed by atoms with Gasteiger partial charge in [0.15, 0.2) is 0 Å². The summed E-state index contributed by atoms with van der Waals surface area (Å²) in [6, 6.07) is -2.04. The Bertz CT molecular complexity index is 303. The van der Waals surface area contributed by atoms with Crippen molar-refractivity contribution in [2.45, 2.75) is 45.4 Å². The Morgan fingerprint density at radius 3 is 2.24 bits per heavy atom. The van der Waals surface area contributed by atoms with Gasteiger partial charge in [-0.25, -0.2) is 4.79 Å². The van der Waals surface area contributed by atoms with E-state index in [4.69, 9.17) is 15.6 Å². The number of hydrogen-bond donors (Lipinski definition) is 3. The molecule has 0 heterocycles. The van der Waals surface area contributed by atoms with E-state index in [9.17, 15) is 14.4 Å². The molecule has 0 aliphatic rings. The summed E-state index contributed by atoms with van der Waals surface area (Å²) in [7, 11) is 0. The summed E-state index contributed by atoms with van der Waals surface area (Å²) in [6.45, 7) is 4.81. The minimum absolute atomic E-state index is 0.283. The van der Waals surface area contributed by atoms with E-state index >= 15 is 0 Å². The number of hydrogen-bond acceptors (Lipinski definition) is 5. The Morgan fingerprint density at radius 1 is 1.29 bits per heavy atom. The van der Waals surface area contributed by atoms with E-state index in [2.05, 4.69) is 5.32 Å². The van der Waals surface area contributed by atoms with E-state index in [1.807, 2.05) is 0 Å². The van der Waals surface area contributed by atoms with Crippen LogP contribution >= 0.6 is 0 Å². The zero-order chi connectivity index (χ0) is 13.6. The molecule has 0 bridgehead atoms. The van der Waals surface area contributed by atoms with Crippen molar-refractivity contribution in [3.8, 4) is 0 Å². The molecule has 2 atom stereocenters. The topological polar surface area (TPSA) is 119 Å². The first-order valence-electron chi connectivity index (χ1n) is 5.22. The van der Waals surface area contributed by atoms with E-state index in [-0.39, 0.29) is 6.10 Å². The van der Waals surface area contributed by atoms with Crippen molar-refractivity contribution in [2.75, 3.05) is 0 Å². The molecular weight excluding hydrogens is 228 g/mol. The molecule has 0 fully saturated rings. The molecule has 0 aromatic rings. The number of nitrogens with one attached hydrogen (secondary N) is 1. The normalized spacial score (nSPS) is 13.9. The third-order valence-corrected chi connectivity index (χ3v) is 1.80. The van der Waals surface area contributed by atoms with Crippen molar-refractivity contribution >= 4 is 17.8 Å². The second-order valence-electron chi connectivity index (χ2n) is 3.92. The van der Waals surface area contributed by atoms with Crippen molar-refractivity contribution in [1.29, 1.82) is 0 Å². The molecule has 0 aromatic carbocycles. The summed E-state index contributed by atoms with van der Waals surface area (Å²) in [5.41, 5.74) is 5.32. The van der Waals surface area contributed by atoms with Gasteiger partial charge in [-0.15, -0.1) is 0 Å². The van der Waals surface area contributed by atoms with Crippen LogP contribution in [0.25, 0.3) is 0 Å². The second-order valence-corrected chi connectivity index (χ2v) is 3.92. The number of rotatable bonds is 6. The van der Waals surface area contributed by atoms with Gasteiger partial charge in [0.25, 0.3) is 0 Å². The van der Waals surface area contributed by atoms with Crippen LogP contribution in [0.1, 0.15) is 27.2 Å². The van der Waals surface area contributed by atoms with Crippen molar-refractivity contribution < 1.29 is 24.2 Å². The highest BCUT2D eigenvalue weighted by Gasteiger charge is 2.23. The van der Waals surface area contributed by atoms with Gasteiger partial charge in [0, 0.05) is 0 Å². The molecule has 0 aliphatic heterocycles. The zero-order valence-electron chi connectivity index (χ0n) is 10.1. The first-order chi connectivity index (χ1) is 7.73. The van der Waals surface area contributed by atoms with Gasteiger partial charge in [0.2, 0.25) is 5.91 Å². The van der Waals surface area contributed by atoms with Crippen LogP contribution < -0.4 is 11.1 Å². The summed E-state index contributed by atoms with van der Waals surface area (Å²) < 4.78 is 4.86. The van der Waals surface area contributed by atoms with Gasteiger partial charge in [-0.3, -0.25) is 9.59 Å². The average Bonchev–Trinajstić information content (AvgIpc) is 2.15. The van der Waals surface area contributed by atoms with E-state index in [1.165, 1.54) is 6.92 Å². The van der Waals surface area contributed by atoms with Gasteiger partial charge >= 0.3 is 11.9 Å². The lowest BCUT2D eigenvalue weighted by atomic mass is 10.2. The fourth-order valence-corrected chi connectivity index (χ4v) is 0.995. The number of aliphatic carboxylic acids is 1. The van der Waals surface area contributed by atoms with Crippen LogP contribution in [0, 0.1) is 0 Å². The van der Waals surface area contributed by atoms with Crippen LogP contribution in [0.4, 0.5) is 0 Å². The predicted octanol–water partition coefficient (Wildman–Crippen LogP) is -0.755. The highest BCUT2D eigenvalue weighted by molar-refractivity contribution is 5.89. The summed E-state index contributed by atoms with van der Waals surface area (Å²) in [4.78, 5) is 33.0. The number of esters is 1. The lowest BCUT2D eigenvalue weighted by Crippen LogP contribution is -2.48. The van der Waals surface area contributed by atoms with Gasteiger partial charge in [0.1, 0.15) is 6.04 Å². The first kappa shape index (κ1) is 15.4. The smallest absolute Gasteiger partial charge is 0.328 e. The highest BCUT2D eigenvalue weighted by atomic mass is 16.5. The number of carboxylic acid groups (broad SMARTS) is 1. The molecule has 98 valence electrons. The molecule has 0 spiro atoms. The lowest BCUT2D eigenvalue weighted by molar-refractivity contribution is -0.151. The largest absolute Gasteiger partial charge is 0.481 e. The molecule has 0 saturated heterocycles. The van der Waals surface area contributed by atoms with E-state index < -0.39 is 36.4 Å². The maximum absolute atomic E-state index is 11.4. The van der Waals surface area contributed by atoms with Gasteiger partial charge in [-0.1, -0.05) is 0 Å². The minimum atomic E-state index is -1.18. The molecule has 0 rings (SSSR count). The molecule has 7 heteroatoms. The summed E-state index contributed by atoms with van der Waals surface area (Å²) in [5, 5.41) is 10.7. The van der Waals surface area contributed by atoms with Gasteiger partial charge in [0.05, 0.1) is 18.6 Å². The average molecular weight is 246 g/mol. The Morgan fingerprint density at radius 2 is 1.82 bits per heavy atom. The van der Waals surface area contributed by atoms with Crippen LogP contribution in [0.15, 0.2) is 0 Å². The SMILES string of the molecule is CC(C)OC(=O)[C@@H](C)NC(=O)[C@@H](N)CC(=O)O. The number of carbonyl (C=O) groups is 3. The van der Waals surface area contributed by atoms with E-state index in [1.54, 1.807) is 13.8 Å². The van der Waals surface area contributed by atoms with Crippen molar-refractivity contribution in [3.63, 3.8) is 0 Å². The maximum Gasteiger partial charge on any atom is 0.328 e. The van der Waals surface area contributed by atoms with Crippen molar-refractivity contribution in [1.82, 2.24) is 5.32 Å². The molecular formula is C10H18N2O5. The Labute approximate surface area is 99.3 Å². The van der Waals surface area contributed by atoms with Crippen LogP contribution in [-0.2, 0) is 19.1 Å². The molecule has 0 aromatic heterocycles. The van der Waals surface area contributed by atoms with Gasteiger partial charge < -0.3 is 20.9 Å². The first-order valence-corrected chi connectivity index (χ1v) is 5.22. The van der Waals surface area contributed by atoms with Crippen molar-refractivity contribution in [2.24, 2.45) is 5.73 Å². The lowest BCUT2D eigenvalue weighted by Gasteiger charge is -2.17. The zero-order valence-corrected chi connectivity index (χ0v) is 10.1. The van der Waals surface area contributed by atoms with Crippen LogP contribution in [0.2, 0.25) is 0 Å². The molecule has 4 N–H and O–H groups in total. The monoisotopic (exact) mass is 246 g/mol. The number of ether oxygens (including phenoxy) is 1. The minimum Gasteiger partial charge on any atom is -0.481 e. The van der Waals surface area contributed by atoms with E-state index in [0.29, 0.717) is 0 Å². The molecule has 17 heavy (non-hydrogen) atoms. The number of carboxylic acids is 1. The molecule has 1 amide bonds. The fourth-order valence-electron chi connectivity index (χ4n) is 0.995. The van der Waals surface area contributed by atoms with Gasteiger partial charge in [-0.2, -0.15) is 0 Å². The van der Waals surface area contributed by atoms with Crippen LogP contribution in [-0.4, -0.2) is 41.1 Å². The molecule has 0 radical (unpaired) electrons. The maximum atomic E-state index is 11.4. The predicted molar refractivity (Wildman–Crippen MR) is 59.1 cm³/mol. The third kappa shape index (κ3) is 6.52. The summed E-state index contributed by atoms with van der Waals surface area (Å²) in [5.74, 6) is -2.46. The standard InChI is InChI=1S/C10H18N2O5/c1-5(2)17-10(16)6(3)12-9(15)7(11)4-8(13)14/h5-7H,4,11H2,1-3H3,(H,12,15)(H,13,14)/t6-,7+/m1/s1. The fraction of sp³-hybridized carbons (Fsp3) is 0.700. The summed E-state index contributed by atoms with van der Waals surface area (Å²) >= 11 is 0. The molecule has 0 unspecified atom stereocenters. The van der Waals surface area contributed by atoms with Crippen LogP contribution in [0.5, 0.6) is 0 Å². The molecule has 0 saturated carbocycles. The number of amides is 1. The molecule has 7 nitrogen and oxygen atoms in total. The number of carbonyl (C=O) groups excluding carboxylic acids is 2. The second kappa shape index (κ2) is 6.85. The third-order valence-electron chi connectivity index (χ3n) is 1.80. The number of nitrogens with two attached hydrogens (primary N) is 1. The Hall–Kier alpha value is -1.63. The van der Waals surface area contributed by atoms with Crippen LogP contribution in [0.3, 0.4) is 0 Å². The van der Waals surface area contributed by atoms with E-state index in [0.717, 1.165) is 0 Å². The van der Waals surface area contributed by atoms with Crippen molar-refractivity contribution in [3.05, 3.63) is 0 Å². The summed E-state index contributed by atoms with van der Waals surface area (Å²) in [6.07, 6.45) is -0.771. The quantitative estimate of drug-likeness (QED) is 0.530. The Kier molecular flexibility index (Phi) is 6.19. The Balaban J connectivity index is 4.19.